The molecule has 1 aliphatic carbocycles. The average molecular weight is 403 g/mol. The first-order valence-corrected chi connectivity index (χ1v) is 9.92. The molecule has 2 amide bonds. The van der Waals surface area contributed by atoms with E-state index in [9.17, 15) is 14.0 Å². The number of allylic oxidation sites excluding steroid dienone is 1. The SMILES string of the molecule is C=CCn1c(SCC(=O)N(C)CC(=O)NC2CC2)nnc1-c1ccc(F)cc1. The zero-order valence-electron chi connectivity index (χ0n) is 15.6. The van der Waals surface area contributed by atoms with Crippen LogP contribution in [-0.4, -0.2) is 56.9 Å². The van der Waals surface area contributed by atoms with E-state index in [1.54, 1.807) is 25.3 Å². The number of benzene rings is 1. The van der Waals surface area contributed by atoms with Crippen molar-refractivity contribution < 1.29 is 14.0 Å². The Hall–Kier alpha value is -2.68. The Morgan fingerprint density at radius 2 is 2.07 bits per heavy atom. The van der Waals surface area contributed by atoms with E-state index in [0.717, 1.165) is 18.4 Å². The molecule has 28 heavy (non-hydrogen) atoms. The molecule has 0 bridgehead atoms. The van der Waals surface area contributed by atoms with Gasteiger partial charge in [0.05, 0.1) is 12.3 Å². The van der Waals surface area contributed by atoms with E-state index >= 15 is 0 Å². The van der Waals surface area contributed by atoms with Crippen LogP contribution in [0.2, 0.25) is 0 Å². The number of nitrogens with zero attached hydrogens (tertiary/aromatic N) is 4. The van der Waals surface area contributed by atoms with Gasteiger partial charge in [-0.1, -0.05) is 17.8 Å². The van der Waals surface area contributed by atoms with Gasteiger partial charge in [-0.15, -0.1) is 16.8 Å². The number of likely N-dealkylation sites (N-methyl/N-ethyl adjacent to an activating group) is 1. The van der Waals surface area contributed by atoms with Gasteiger partial charge in [-0.05, 0) is 37.1 Å². The highest BCUT2D eigenvalue weighted by molar-refractivity contribution is 7.99. The van der Waals surface area contributed by atoms with Crippen LogP contribution in [0.1, 0.15) is 12.8 Å². The monoisotopic (exact) mass is 403 g/mol. The summed E-state index contributed by atoms with van der Waals surface area (Å²) in [5.74, 6) is 0.0648. The molecule has 1 aromatic carbocycles. The molecule has 2 aromatic rings. The summed E-state index contributed by atoms with van der Waals surface area (Å²) in [5, 5.41) is 11.8. The summed E-state index contributed by atoms with van der Waals surface area (Å²) < 4.78 is 15.0. The molecule has 1 fully saturated rings. The predicted octanol–water partition coefficient (Wildman–Crippen LogP) is 2.10. The topological polar surface area (TPSA) is 80.1 Å². The molecule has 1 saturated carbocycles. The van der Waals surface area contributed by atoms with Gasteiger partial charge >= 0.3 is 0 Å². The summed E-state index contributed by atoms with van der Waals surface area (Å²) in [6.07, 6.45) is 3.72. The van der Waals surface area contributed by atoms with E-state index in [1.807, 2.05) is 4.57 Å². The number of nitrogens with one attached hydrogen (secondary N) is 1. The molecule has 148 valence electrons. The Bertz CT molecular complexity index is 864. The van der Waals surface area contributed by atoms with Crippen molar-refractivity contribution in [3.63, 3.8) is 0 Å². The molecule has 1 aliphatic rings. The van der Waals surface area contributed by atoms with E-state index in [2.05, 4.69) is 22.1 Å². The maximum Gasteiger partial charge on any atom is 0.239 e. The number of halogens is 1. The molecule has 9 heteroatoms. The lowest BCUT2D eigenvalue weighted by Gasteiger charge is -2.16. The Morgan fingerprint density at radius 1 is 1.36 bits per heavy atom. The molecular formula is C19H22FN5O2S. The van der Waals surface area contributed by atoms with Crippen LogP contribution in [0, 0.1) is 5.82 Å². The van der Waals surface area contributed by atoms with Crippen LogP contribution in [0.4, 0.5) is 4.39 Å². The van der Waals surface area contributed by atoms with Crippen LogP contribution >= 0.6 is 11.8 Å². The fraction of sp³-hybridized carbons (Fsp3) is 0.368. The minimum atomic E-state index is -0.326. The predicted molar refractivity (Wildman–Crippen MR) is 105 cm³/mol. The number of carbonyl (C=O) groups excluding carboxylic acids is 2. The fourth-order valence-electron chi connectivity index (χ4n) is 2.54. The molecule has 7 nitrogen and oxygen atoms in total. The molecule has 0 aliphatic heterocycles. The van der Waals surface area contributed by atoms with Gasteiger partial charge in [0.25, 0.3) is 0 Å². The van der Waals surface area contributed by atoms with Gasteiger partial charge in [-0.25, -0.2) is 4.39 Å². The molecule has 1 heterocycles. The summed E-state index contributed by atoms with van der Waals surface area (Å²) in [5.41, 5.74) is 0.725. The normalized spacial score (nSPS) is 13.2. The van der Waals surface area contributed by atoms with Gasteiger partial charge < -0.3 is 10.2 Å². The van der Waals surface area contributed by atoms with Crippen molar-refractivity contribution in [2.24, 2.45) is 0 Å². The largest absolute Gasteiger partial charge is 0.352 e. The summed E-state index contributed by atoms with van der Waals surface area (Å²) in [4.78, 5) is 25.6. The third kappa shape index (κ3) is 5.19. The first-order valence-electron chi connectivity index (χ1n) is 8.94. The van der Waals surface area contributed by atoms with Gasteiger partial charge in [-0.3, -0.25) is 14.2 Å². The van der Waals surface area contributed by atoms with Crippen LogP contribution in [0.5, 0.6) is 0 Å². The number of carbonyl (C=O) groups is 2. The summed E-state index contributed by atoms with van der Waals surface area (Å²) in [6.45, 7) is 4.24. The minimum absolute atomic E-state index is 0.0378. The lowest BCUT2D eigenvalue weighted by atomic mass is 10.2. The van der Waals surface area contributed by atoms with Gasteiger partial charge in [0.2, 0.25) is 11.8 Å². The first-order chi connectivity index (χ1) is 13.5. The quantitative estimate of drug-likeness (QED) is 0.512. The molecule has 0 spiro atoms. The maximum atomic E-state index is 13.2. The number of thioether (sulfide) groups is 1. The number of rotatable bonds is 9. The van der Waals surface area contributed by atoms with E-state index in [-0.39, 0.29) is 36.0 Å². The molecule has 0 radical (unpaired) electrons. The summed E-state index contributed by atoms with van der Waals surface area (Å²) in [6, 6.07) is 6.25. The summed E-state index contributed by atoms with van der Waals surface area (Å²) in [7, 11) is 1.60. The van der Waals surface area contributed by atoms with Crippen molar-refractivity contribution in [3.8, 4) is 11.4 Å². The van der Waals surface area contributed by atoms with Crippen LogP contribution in [0.15, 0.2) is 42.1 Å². The molecular weight excluding hydrogens is 381 g/mol. The lowest BCUT2D eigenvalue weighted by Crippen LogP contribution is -2.39. The smallest absolute Gasteiger partial charge is 0.239 e. The van der Waals surface area contributed by atoms with Crippen molar-refractivity contribution >= 4 is 23.6 Å². The van der Waals surface area contributed by atoms with E-state index in [4.69, 9.17) is 0 Å². The van der Waals surface area contributed by atoms with Crippen molar-refractivity contribution in [2.45, 2.75) is 30.6 Å². The number of hydrogen-bond acceptors (Lipinski definition) is 5. The molecule has 3 rings (SSSR count). The number of aromatic nitrogens is 3. The Labute approximate surface area is 167 Å². The maximum absolute atomic E-state index is 13.2. The molecule has 0 atom stereocenters. The lowest BCUT2D eigenvalue weighted by molar-refractivity contribution is -0.132. The molecule has 1 aromatic heterocycles. The second kappa shape index (κ2) is 9.01. The number of amides is 2. The van der Waals surface area contributed by atoms with Crippen LogP contribution in [0.25, 0.3) is 11.4 Å². The van der Waals surface area contributed by atoms with Crippen molar-refractivity contribution in [2.75, 3.05) is 19.3 Å². The van der Waals surface area contributed by atoms with Crippen molar-refractivity contribution in [1.29, 1.82) is 0 Å². The van der Waals surface area contributed by atoms with Gasteiger partial charge in [0, 0.05) is 25.2 Å². The molecule has 0 unspecified atom stereocenters. The standard InChI is InChI=1S/C19H22FN5O2S/c1-3-10-25-18(13-4-6-14(20)7-5-13)22-23-19(25)28-12-17(27)24(2)11-16(26)21-15-8-9-15/h3-7,15H,1,8-12H2,2H3,(H,21,26). The van der Waals surface area contributed by atoms with Crippen molar-refractivity contribution in [1.82, 2.24) is 25.0 Å². The van der Waals surface area contributed by atoms with Gasteiger partial charge in [0.15, 0.2) is 11.0 Å². The molecule has 0 saturated heterocycles. The molecule has 1 N–H and O–H groups in total. The van der Waals surface area contributed by atoms with Crippen LogP contribution in [-0.2, 0) is 16.1 Å². The minimum Gasteiger partial charge on any atom is -0.352 e. The van der Waals surface area contributed by atoms with E-state index < -0.39 is 0 Å². The van der Waals surface area contributed by atoms with Crippen molar-refractivity contribution in [3.05, 3.63) is 42.7 Å². The van der Waals surface area contributed by atoms with Gasteiger partial charge in [-0.2, -0.15) is 0 Å². The highest BCUT2D eigenvalue weighted by atomic mass is 32.2. The Morgan fingerprint density at radius 3 is 2.71 bits per heavy atom. The van der Waals surface area contributed by atoms with E-state index in [0.29, 0.717) is 17.5 Å². The summed E-state index contributed by atoms with van der Waals surface area (Å²) >= 11 is 1.24. The second-order valence-electron chi connectivity index (χ2n) is 6.59. The average Bonchev–Trinajstić information content (AvgIpc) is 3.39. The zero-order chi connectivity index (χ0) is 20.1. The van der Waals surface area contributed by atoms with Gasteiger partial charge in [0.1, 0.15) is 5.82 Å². The third-order valence-electron chi connectivity index (χ3n) is 4.20. The highest BCUT2D eigenvalue weighted by Gasteiger charge is 2.24. The first kappa shape index (κ1) is 20.1. The highest BCUT2D eigenvalue weighted by Crippen LogP contribution is 2.24. The second-order valence-corrected chi connectivity index (χ2v) is 7.54. The zero-order valence-corrected chi connectivity index (χ0v) is 16.4. The third-order valence-corrected chi connectivity index (χ3v) is 5.16. The Kier molecular flexibility index (Phi) is 6.45. The Balaban J connectivity index is 1.63. The van der Waals surface area contributed by atoms with Crippen LogP contribution in [0.3, 0.4) is 0 Å². The number of hydrogen-bond donors (Lipinski definition) is 1. The fourth-order valence-corrected chi connectivity index (χ4v) is 3.43. The van der Waals surface area contributed by atoms with E-state index in [1.165, 1.54) is 28.8 Å². The van der Waals surface area contributed by atoms with Crippen LogP contribution < -0.4 is 5.32 Å².